The lowest BCUT2D eigenvalue weighted by atomic mass is 10.1. The van der Waals surface area contributed by atoms with Gasteiger partial charge in [0.15, 0.2) is 6.10 Å². The van der Waals surface area contributed by atoms with Crippen LogP contribution in [0.25, 0.3) is 0 Å². The Morgan fingerprint density at radius 1 is 0.914 bits per heavy atom. The van der Waals surface area contributed by atoms with Crippen molar-refractivity contribution < 1.29 is 43.0 Å². The molecule has 10 heteroatoms. The average Bonchev–Trinajstić information content (AvgIpc) is 2.78. The van der Waals surface area contributed by atoms with Gasteiger partial charge in [0.05, 0.1) is 12.7 Å². The first-order chi connectivity index (χ1) is 16.6. The lowest BCUT2D eigenvalue weighted by molar-refractivity contribution is -0.160. The quantitative estimate of drug-likeness (QED) is 0.0986. The molecule has 0 aromatic heterocycles. The maximum Gasteiger partial charge on any atom is 0.469 e. The van der Waals surface area contributed by atoms with Crippen molar-refractivity contribution in [1.82, 2.24) is 0 Å². The van der Waals surface area contributed by atoms with E-state index in [0.717, 1.165) is 32.6 Å². The zero-order valence-corrected chi connectivity index (χ0v) is 21.4. The van der Waals surface area contributed by atoms with Crippen LogP contribution < -0.4 is 0 Å². The minimum atomic E-state index is -4.76. The van der Waals surface area contributed by atoms with Gasteiger partial charge >= 0.3 is 19.8 Å². The Morgan fingerprint density at radius 3 is 2.09 bits per heavy atom. The van der Waals surface area contributed by atoms with E-state index >= 15 is 0 Å². The van der Waals surface area contributed by atoms with Gasteiger partial charge in [-0.2, -0.15) is 0 Å². The summed E-state index contributed by atoms with van der Waals surface area (Å²) in [6.07, 6.45) is 22.3. The summed E-state index contributed by atoms with van der Waals surface area (Å²) < 4.78 is 24.9. The van der Waals surface area contributed by atoms with Crippen LogP contribution in [0, 0.1) is 0 Å². The minimum absolute atomic E-state index is 0.0264. The van der Waals surface area contributed by atoms with Gasteiger partial charge in [0, 0.05) is 13.3 Å². The first-order valence-electron chi connectivity index (χ1n) is 11.6. The third-order valence-electron chi connectivity index (χ3n) is 4.21. The molecule has 3 N–H and O–H groups in total. The second kappa shape index (κ2) is 21.0. The van der Waals surface area contributed by atoms with E-state index < -0.39 is 38.6 Å². The standard InChI is InChI=1S/C25H39O9P/c1-3-4-5-6-7-8-9-10-11-12-13-14-15-17-23(27)18-16-19-25(28)34-24(20-32-22(2)26)21-33-35(29,30)31/h4-5,7-8,10-11,13-15,17,23-24,27H,3,6,9,12,16,18-21H2,1-2H3,(H2,29,30,31)/b5-4-,8-7-,11-10-,14-13-,17-15+/t23?,24-/m1/s1. The van der Waals surface area contributed by atoms with Gasteiger partial charge in [-0.25, -0.2) is 4.57 Å². The fraction of sp³-hybridized carbons (Fsp3) is 0.520. The molecule has 0 aliphatic heterocycles. The number of hydrogen-bond acceptors (Lipinski definition) is 7. The molecule has 2 atom stereocenters. The molecule has 0 saturated heterocycles. The highest BCUT2D eigenvalue weighted by Gasteiger charge is 2.22. The number of ether oxygens (including phenoxy) is 2. The number of esters is 2. The highest BCUT2D eigenvalue weighted by Crippen LogP contribution is 2.35. The van der Waals surface area contributed by atoms with Crippen LogP contribution in [0.4, 0.5) is 0 Å². The van der Waals surface area contributed by atoms with Crippen molar-refractivity contribution in [3.05, 3.63) is 60.8 Å². The van der Waals surface area contributed by atoms with Crippen molar-refractivity contribution >= 4 is 19.8 Å². The monoisotopic (exact) mass is 514 g/mol. The zero-order chi connectivity index (χ0) is 26.4. The molecule has 0 aromatic carbocycles. The maximum absolute atomic E-state index is 12.0. The number of phosphoric acid groups is 1. The number of aliphatic hydroxyl groups excluding tert-OH is 1. The van der Waals surface area contributed by atoms with E-state index in [1.165, 1.54) is 0 Å². The van der Waals surface area contributed by atoms with Crippen molar-refractivity contribution in [2.24, 2.45) is 0 Å². The zero-order valence-electron chi connectivity index (χ0n) is 20.5. The molecule has 0 aromatic rings. The summed E-state index contributed by atoms with van der Waals surface area (Å²) in [6.45, 7) is 2.25. The molecule has 0 fully saturated rings. The predicted octanol–water partition coefficient (Wildman–Crippen LogP) is 4.46. The van der Waals surface area contributed by atoms with Crippen LogP contribution in [0.5, 0.6) is 0 Å². The molecule has 0 spiro atoms. The number of hydrogen-bond donors (Lipinski definition) is 3. The van der Waals surface area contributed by atoms with Crippen LogP contribution in [-0.4, -0.2) is 52.3 Å². The molecule has 0 rings (SSSR count). The highest BCUT2D eigenvalue weighted by molar-refractivity contribution is 7.46. The second-order valence-corrected chi connectivity index (χ2v) is 8.74. The van der Waals surface area contributed by atoms with E-state index in [9.17, 15) is 19.3 Å². The van der Waals surface area contributed by atoms with Crippen LogP contribution in [0.2, 0.25) is 0 Å². The lowest BCUT2D eigenvalue weighted by Crippen LogP contribution is -2.29. The molecule has 0 amide bonds. The Kier molecular flexibility index (Phi) is 19.7. The second-order valence-electron chi connectivity index (χ2n) is 7.50. The van der Waals surface area contributed by atoms with Crippen LogP contribution in [-0.2, 0) is 28.2 Å². The summed E-state index contributed by atoms with van der Waals surface area (Å²) in [6, 6.07) is 0. The third-order valence-corrected chi connectivity index (χ3v) is 4.70. The normalized spacial score (nSPS) is 14.5. The molecule has 198 valence electrons. The van der Waals surface area contributed by atoms with Crippen LogP contribution in [0.3, 0.4) is 0 Å². The highest BCUT2D eigenvalue weighted by atomic mass is 31.2. The number of allylic oxidation sites excluding steroid dienone is 9. The molecule has 1 unspecified atom stereocenters. The first kappa shape index (κ1) is 32.7. The summed E-state index contributed by atoms with van der Waals surface area (Å²) >= 11 is 0. The van der Waals surface area contributed by atoms with Gasteiger partial charge in [0.2, 0.25) is 0 Å². The van der Waals surface area contributed by atoms with Crippen LogP contribution in [0.1, 0.15) is 58.8 Å². The van der Waals surface area contributed by atoms with Gasteiger partial charge in [0.25, 0.3) is 0 Å². The molecule has 9 nitrogen and oxygen atoms in total. The van der Waals surface area contributed by atoms with Crippen LogP contribution >= 0.6 is 7.82 Å². The Labute approximate surface area is 208 Å². The van der Waals surface area contributed by atoms with Crippen molar-refractivity contribution in [2.45, 2.75) is 71.0 Å². The molecule has 0 aliphatic carbocycles. The smallest absolute Gasteiger partial charge is 0.462 e. The Hall–Kier alpha value is -2.29. The van der Waals surface area contributed by atoms with Gasteiger partial charge in [-0.05, 0) is 38.5 Å². The molecule has 0 aliphatic rings. The topological polar surface area (TPSA) is 140 Å². The Morgan fingerprint density at radius 2 is 1.51 bits per heavy atom. The largest absolute Gasteiger partial charge is 0.469 e. The van der Waals surface area contributed by atoms with Crippen molar-refractivity contribution in [3.8, 4) is 0 Å². The molecule has 0 heterocycles. The molecular weight excluding hydrogens is 475 g/mol. The van der Waals surface area contributed by atoms with Gasteiger partial charge < -0.3 is 24.4 Å². The number of carbonyl (C=O) groups excluding carboxylic acids is 2. The summed E-state index contributed by atoms with van der Waals surface area (Å²) in [5.74, 6) is -1.29. The maximum atomic E-state index is 12.0. The average molecular weight is 515 g/mol. The Balaban J connectivity index is 4.14. The first-order valence-corrected chi connectivity index (χ1v) is 13.2. The van der Waals surface area contributed by atoms with E-state index in [2.05, 4.69) is 47.9 Å². The number of rotatable bonds is 19. The summed E-state index contributed by atoms with van der Waals surface area (Å²) in [7, 11) is -4.76. The van der Waals surface area contributed by atoms with E-state index in [1.54, 1.807) is 12.2 Å². The molecule has 0 saturated carbocycles. The summed E-state index contributed by atoms with van der Waals surface area (Å²) in [4.78, 5) is 40.4. The Bertz CT molecular complexity index is 778. The van der Waals surface area contributed by atoms with Gasteiger partial charge in [-0.3, -0.25) is 14.1 Å². The SMILES string of the molecule is CC/C=C\C/C=C\C/C=C\C/C=C\C=C\C(O)CCCC(=O)O[C@H](COC(C)=O)COP(=O)(O)O. The van der Waals surface area contributed by atoms with Crippen molar-refractivity contribution in [3.63, 3.8) is 0 Å². The number of carbonyl (C=O) groups is 2. The summed E-state index contributed by atoms with van der Waals surface area (Å²) in [5.41, 5.74) is 0. The van der Waals surface area contributed by atoms with E-state index in [-0.39, 0.29) is 13.0 Å². The molecule has 0 radical (unpaired) electrons. The molecule has 0 bridgehead atoms. The lowest BCUT2D eigenvalue weighted by Gasteiger charge is -2.18. The van der Waals surface area contributed by atoms with Crippen molar-refractivity contribution in [2.75, 3.05) is 13.2 Å². The summed E-state index contributed by atoms with van der Waals surface area (Å²) in [5, 5.41) is 9.98. The van der Waals surface area contributed by atoms with E-state index in [0.29, 0.717) is 12.8 Å². The van der Waals surface area contributed by atoms with Crippen LogP contribution in [0.15, 0.2) is 60.8 Å². The van der Waals surface area contributed by atoms with E-state index in [1.807, 2.05) is 12.2 Å². The number of phosphoric ester groups is 1. The molecule has 35 heavy (non-hydrogen) atoms. The minimum Gasteiger partial charge on any atom is -0.462 e. The predicted molar refractivity (Wildman–Crippen MR) is 134 cm³/mol. The van der Waals surface area contributed by atoms with Gasteiger partial charge in [-0.1, -0.05) is 67.7 Å². The van der Waals surface area contributed by atoms with Crippen molar-refractivity contribution in [1.29, 1.82) is 0 Å². The van der Waals surface area contributed by atoms with Gasteiger partial charge in [0.1, 0.15) is 6.61 Å². The number of aliphatic hydroxyl groups is 1. The third kappa shape index (κ3) is 24.6. The van der Waals surface area contributed by atoms with Gasteiger partial charge in [-0.15, -0.1) is 0 Å². The van der Waals surface area contributed by atoms with E-state index in [4.69, 9.17) is 19.3 Å². The fourth-order valence-electron chi connectivity index (χ4n) is 2.54. The molecular formula is C25H39O9P. The fourth-order valence-corrected chi connectivity index (χ4v) is 2.90.